The molecular weight excluding hydrogens is 287 g/mol. The van der Waals surface area contributed by atoms with Gasteiger partial charge in [0.2, 0.25) is 0 Å². The minimum atomic E-state index is -0.146. The van der Waals surface area contributed by atoms with E-state index in [1.54, 1.807) is 0 Å². The zero-order valence-corrected chi connectivity index (χ0v) is 13.2. The molecule has 1 fully saturated rings. The van der Waals surface area contributed by atoms with E-state index in [4.69, 9.17) is 4.74 Å². The van der Waals surface area contributed by atoms with E-state index in [0.29, 0.717) is 19.8 Å². The molecule has 0 saturated carbocycles. The molecule has 2 atom stereocenters. The van der Waals surface area contributed by atoms with Crippen molar-refractivity contribution in [2.24, 2.45) is 0 Å². The van der Waals surface area contributed by atoms with Gasteiger partial charge in [0.25, 0.3) is 0 Å². The van der Waals surface area contributed by atoms with E-state index < -0.39 is 0 Å². The molecule has 0 aliphatic carbocycles. The van der Waals surface area contributed by atoms with E-state index in [-0.39, 0.29) is 11.2 Å². The van der Waals surface area contributed by atoms with Gasteiger partial charge in [0, 0.05) is 0 Å². The first-order chi connectivity index (χ1) is 8.45. The Bertz CT molecular complexity index is 412. The number of ether oxygens (including phenoxy) is 1. The number of hydrogen-bond donors (Lipinski definition) is 0. The van der Waals surface area contributed by atoms with Crippen LogP contribution in [0.3, 0.4) is 0 Å². The summed E-state index contributed by atoms with van der Waals surface area (Å²) in [5.74, 6) is 0. The van der Waals surface area contributed by atoms with Crippen LogP contribution in [0.4, 0.5) is 0 Å². The van der Waals surface area contributed by atoms with Gasteiger partial charge in [0.15, 0.2) is 0 Å². The molecule has 2 unspecified atom stereocenters. The van der Waals surface area contributed by atoms with Crippen LogP contribution in [0.1, 0.15) is 33.6 Å². The Morgan fingerprint density at radius 2 is 1.94 bits per heavy atom. The van der Waals surface area contributed by atoms with Gasteiger partial charge in [-0.15, -0.1) is 0 Å². The van der Waals surface area contributed by atoms with E-state index in [9.17, 15) is 0 Å². The van der Waals surface area contributed by atoms with E-state index in [2.05, 4.69) is 57.7 Å². The normalized spacial score (nSPS) is 30.9. The van der Waals surface area contributed by atoms with Crippen LogP contribution >= 0.6 is 0 Å². The van der Waals surface area contributed by atoms with E-state index in [1.165, 1.54) is 10.9 Å². The Morgan fingerprint density at radius 1 is 1.28 bits per heavy atom. The minimum absolute atomic E-state index is 0.0585. The van der Waals surface area contributed by atoms with Crippen LogP contribution in [-0.2, 0) is 4.74 Å². The van der Waals surface area contributed by atoms with E-state index in [1.807, 2.05) is 6.08 Å². The van der Waals surface area contributed by atoms with Crippen molar-refractivity contribution in [2.45, 2.75) is 49.6 Å². The number of hydrogen-bond acceptors (Lipinski definition) is 1. The van der Waals surface area contributed by atoms with Crippen LogP contribution in [-0.4, -0.2) is 26.2 Å². The van der Waals surface area contributed by atoms with Gasteiger partial charge < -0.3 is 0 Å². The molecule has 1 aromatic carbocycles. The zero-order chi connectivity index (χ0) is 13.2. The van der Waals surface area contributed by atoms with Gasteiger partial charge in [-0.3, -0.25) is 0 Å². The Kier molecular flexibility index (Phi) is 4.01. The van der Waals surface area contributed by atoms with Crippen molar-refractivity contribution in [3.63, 3.8) is 0 Å². The molecule has 0 spiro atoms. The molecule has 1 aliphatic rings. The van der Waals surface area contributed by atoms with Gasteiger partial charge in [-0.1, -0.05) is 0 Å². The first-order valence-corrected chi connectivity index (χ1v) is 8.35. The summed E-state index contributed by atoms with van der Waals surface area (Å²) in [5, 5.41) is 0. The molecule has 1 saturated heterocycles. The van der Waals surface area contributed by atoms with Crippen molar-refractivity contribution in [3.8, 4) is 0 Å². The summed E-state index contributed by atoms with van der Waals surface area (Å²) in [5.41, 5.74) is -0.205. The van der Waals surface area contributed by atoms with Gasteiger partial charge in [-0.25, -0.2) is 0 Å². The van der Waals surface area contributed by atoms with Crippen molar-refractivity contribution in [3.05, 3.63) is 43.0 Å². The van der Waals surface area contributed by atoms with Gasteiger partial charge in [0.1, 0.15) is 0 Å². The van der Waals surface area contributed by atoms with Crippen LogP contribution in [0.5, 0.6) is 0 Å². The van der Waals surface area contributed by atoms with E-state index in [0.717, 1.165) is 6.42 Å². The fraction of sp³-hybridized carbons (Fsp3) is 0.500. The van der Waals surface area contributed by atoms with Crippen LogP contribution < -0.4 is 4.46 Å². The Labute approximate surface area is 117 Å². The maximum absolute atomic E-state index is 6.29. The number of rotatable bonds is 3. The van der Waals surface area contributed by atoms with Gasteiger partial charge in [-0.2, -0.15) is 0 Å². The molecule has 0 bridgehead atoms. The first-order valence-electron chi connectivity index (χ1n) is 6.51. The molecule has 1 heterocycles. The Morgan fingerprint density at radius 3 is 2.50 bits per heavy atom. The van der Waals surface area contributed by atoms with Crippen LogP contribution in [0.15, 0.2) is 43.0 Å². The van der Waals surface area contributed by atoms with Crippen molar-refractivity contribution in [2.75, 3.05) is 0 Å². The average Bonchev–Trinajstić information content (AvgIpc) is 2.34. The molecule has 0 N–H and O–H groups in total. The van der Waals surface area contributed by atoms with Gasteiger partial charge in [0.05, 0.1) is 0 Å². The second kappa shape index (κ2) is 5.20. The Balaban J connectivity index is 2.09. The molecule has 1 nitrogen and oxygen atoms in total. The summed E-state index contributed by atoms with van der Waals surface area (Å²) in [6, 6.07) is 10.8. The molecule has 0 radical (unpaired) electrons. The van der Waals surface area contributed by atoms with Crippen molar-refractivity contribution < 1.29 is 4.74 Å². The molecule has 2 rings (SSSR count). The SMILES string of the molecule is C=CC1(C)CCC([Se]c2ccccc2)C(C)(C)O1. The monoisotopic (exact) mass is 310 g/mol. The standard InChI is InChI=1S/C16H22OSe/c1-5-16(4)12-11-14(15(2,3)17-16)18-13-9-7-6-8-10-13/h5-10,14H,1,11-12H2,2-4H3. The topological polar surface area (TPSA) is 9.23 Å². The van der Waals surface area contributed by atoms with Crippen LogP contribution in [0.2, 0.25) is 4.82 Å². The number of benzene rings is 1. The molecule has 0 amide bonds. The first kappa shape index (κ1) is 13.9. The van der Waals surface area contributed by atoms with Gasteiger partial charge >= 0.3 is 117 Å². The summed E-state index contributed by atoms with van der Waals surface area (Å²) in [6.45, 7) is 10.5. The molecular formula is C16H22OSe. The van der Waals surface area contributed by atoms with Crippen molar-refractivity contribution >= 4 is 19.4 Å². The Hall–Kier alpha value is -0.561. The summed E-state index contributed by atoms with van der Waals surface area (Å²) in [7, 11) is 0. The predicted octanol–water partition coefficient (Wildman–Crippen LogP) is 3.34. The maximum atomic E-state index is 6.29. The quantitative estimate of drug-likeness (QED) is 0.615. The summed E-state index contributed by atoms with van der Waals surface area (Å²) >= 11 is 0.479. The fourth-order valence-electron chi connectivity index (χ4n) is 2.49. The molecule has 18 heavy (non-hydrogen) atoms. The second-order valence-corrected chi connectivity index (χ2v) is 8.36. The van der Waals surface area contributed by atoms with E-state index >= 15 is 0 Å². The van der Waals surface area contributed by atoms with Crippen molar-refractivity contribution in [1.29, 1.82) is 0 Å². The summed E-state index contributed by atoms with van der Waals surface area (Å²) < 4.78 is 7.76. The third kappa shape index (κ3) is 3.06. The van der Waals surface area contributed by atoms with Crippen LogP contribution in [0, 0.1) is 0 Å². The molecule has 0 aromatic heterocycles. The summed E-state index contributed by atoms with van der Waals surface area (Å²) in [4.78, 5) is 0.639. The predicted molar refractivity (Wildman–Crippen MR) is 78.6 cm³/mol. The molecule has 1 aromatic rings. The third-order valence-electron chi connectivity index (χ3n) is 3.63. The third-order valence-corrected chi connectivity index (χ3v) is 7.05. The zero-order valence-electron chi connectivity index (χ0n) is 11.5. The second-order valence-electron chi connectivity index (χ2n) is 5.68. The van der Waals surface area contributed by atoms with Gasteiger partial charge in [-0.05, 0) is 0 Å². The van der Waals surface area contributed by atoms with Crippen LogP contribution in [0.25, 0.3) is 0 Å². The molecule has 2 heteroatoms. The molecule has 1 aliphatic heterocycles. The fourth-order valence-corrected chi connectivity index (χ4v) is 5.03. The molecule has 98 valence electrons. The van der Waals surface area contributed by atoms with Crippen molar-refractivity contribution in [1.82, 2.24) is 0 Å². The summed E-state index contributed by atoms with van der Waals surface area (Å²) in [6.07, 6.45) is 4.27. The average molecular weight is 309 g/mol.